The zero-order chi connectivity index (χ0) is 21.7. The molecule has 1 heterocycles. The molecule has 30 heavy (non-hydrogen) atoms. The summed E-state index contributed by atoms with van der Waals surface area (Å²) in [6, 6.07) is 9.98. The molecular weight excluding hydrogens is 403 g/mol. The number of halogens is 1. The SMILES string of the molecule is Cc1ccc(S(=O)(=O)N2CCc3cc(CCCCCN(C)CCO)c(F)cc32)cc1. The number of sulfonamides is 1. The Hall–Kier alpha value is -1.96. The fourth-order valence-corrected chi connectivity index (χ4v) is 5.36. The summed E-state index contributed by atoms with van der Waals surface area (Å²) in [7, 11) is -1.71. The van der Waals surface area contributed by atoms with Gasteiger partial charge in [-0.25, -0.2) is 12.8 Å². The first-order chi connectivity index (χ1) is 14.3. The molecule has 2 aromatic carbocycles. The maximum absolute atomic E-state index is 14.7. The summed E-state index contributed by atoms with van der Waals surface area (Å²) < 4.78 is 42.1. The summed E-state index contributed by atoms with van der Waals surface area (Å²) in [5, 5.41) is 8.92. The van der Waals surface area contributed by atoms with Crippen molar-refractivity contribution in [1.82, 2.24) is 4.90 Å². The van der Waals surface area contributed by atoms with Crippen LogP contribution in [0.15, 0.2) is 41.3 Å². The standard InChI is InChI=1S/C23H31FN2O3S/c1-18-7-9-21(10-8-18)30(28,29)26-13-11-20-16-19(22(24)17-23(20)26)6-4-3-5-12-25(2)14-15-27/h7-10,16-17,27H,3-6,11-15H2,1-2H3. The van der Waals surface area contributed by atoms with Gasteiger partial charge in [-0.2, -0.15) is 0 Å². The number of unbranched alkanes of at least 4 members (excludes halogenated alkanes) is 2. The monoisotopic (exact) mass is 434 g/mol. The number of nitrogens with zero attached hydrogens (tertiary/aromatic N) is 2. The highest BCUT2D eigenvalue weighted by molar-refractivity contribution is 7.92. The van der Waals surface area contributed by atoms with Crippen molar-refractivity contribution in [1.29, 1.82) is 0 Å². The summed E-state index contributed by atoms with van der Waals surface area (Å²) >= 11 is 0. The van der Waals surface area contributed by atoms with Crippen LogP contribution in [0, 0.1) is 12.7 Å². The largest absolute Gasteiger partial charge is 0.395 e. The number of benzene rings is 2. The van der Waals surface area contributed by atoms with E-state index < -0.39 is 10.0 Å². The maximum atomic E-state index is 14.7. The van der Waals surface area contributed by atoms with Gasteiger partial charge in [0.2, 0.25) is 0 Å². The number of fused-ring (bicyclic) bond motifs is 1. The maximum Gasteiger partial charge on any atom is 0.264 e. The van der Waals surface area contributed by atoms with Crippen LogP contribution in [0.5, 0.6) is 0 Å². The highest BCUT2D eigenvalue weighted by Crippen LogP contribution is 2.35. The lowest BCUT2D eigenvalue weighted by atomic mass is 10.0. The molecule has 0 unspecified atom stereocenters. The Bertz CT molecular complexity index is 961. The van der Waals surface area contributed by atoms with Gasteiger partial charge in [0, 0.05) is 13.1 Å². The predicted octanol–water partition coefficient (Wildman–Crippen LogP) is 3.52. The number of rotatable bonds is 10. The van der Waals surface area contributed by atoms with Crippen LogP contribution in [0.1, 0.15) is 36.0 Å². The zero-order valence-corrected chi connectivity index (χ0v) is 18.6. The van der Waals surface area contributed by atoms with Gasteiger partial charge in [0.25, 0.3) is 10.0 Å². The van der Waals surface area contributed by atoms with Crippen LogP contribution in [0.3, 0.4) is 0 Å². The van der Waals surface area contributed by atoms with Gasteiger partial charge in [-0.15, -0.1) is 0 Å². The zero-order valence-electron chi connectivity index (χ0n) is 17.8. The van der Waals surface area contributed by atoms with Crippen LogP contribution in [0.2, 0.25) is 0 Å². The lowest BCUT2D eigenvalue weighted by Gasteiger charge is -2.20. The average Bonchev–Trinajstić information content (AvgIpc) is 3.11. The van der Waals surface area contributed by atoms with Crippen molar-refractivity contribution in [3.8, 4) is 0 Å². The van der Waals surface area contributed by atoms with Crippen LogP contribution >= 0.6 is 0 Å². The van der Waals surface area contributed by atoms with E-state index in [2.05, 4.69) is 4.90 Å². The van der Waals surface area contributed by atoms with Crippen molar-refractivity contribution in [3.05, 3.63) is 58.9 Å². The molecule has 0 amide bonds. The van der Waals surface area contributed by atoms with E-state index in [1.807, 2.05) is 20.0 Å². The normalized spacial score (nSPS) is 13.8. The number of anilines is 1. The molecule has 1 aliphatic heterocycles. The second-order valence-electron chi connectivity index (χ2n) is 8.05. The third-order valence-electron chi connectivity index (χ3n) is 5.68. The number of hydrogen-bond donors (Lipinski definition) is 1. The Morgan fingerprint density at radius 3 is 2.53 bits per heavy atom. The molecule has 2 aromatic rings. The molecule has 5 nitrogen and oxygen atoms in total. The highest BCUT2D eigenvalue weighted by Gasteiger charge is 2.31. The van der Waals surface area contributed by atoms with E-state index in [-0.39, 0.29) is 17.3 Å². The number of aliphatic hydroxyl groups excluding tert-OH is 1. The summed E-state index contributed by atoms with van der Waals surface area (Å²) in [6.45, 7) is 3.99. The summed E-state index contributed by atoms with van der Waals surface area (Å²) in [5.74, 6) is -0.336. The topological polar surface area (TPSA) is 60.9 Å². The number of aliphatic hydroxyl groups is 1. The van der Waals surface area contributed by atoms with Crippen molar-refractivity contribution < 1.29 is 17.9 Å². The van der Waals surface area contributed by atoms with E-state index in [0.29, 0.717) is 37.2 Å². The second kappa shape index (κ2) is 9.90. The molecule has 7 heteroatoms. The van der Waals surface area contributed by atoms with Gasteiger partial charge in [-0.1, -0.05) is 30.2 Å². The Labute approximate surface area is 179 Å². The van der Waals surface area contributed by atoms with E-state index in [9.17, 15) is 12.8 Å². The molecule has 0 saturated heterocycles. The highest BCUT2D eigenvalue weighted by atomic mass is 32.2. The first kappa shape index (κ1) is 22.7. The third-order valence-corrected chi connectivity index (χ3v) is 7.50. The van der Waals surface area contributed by atoms with Crippen LogP contribution < -0.4 is 4.31 Å². The van der Waals surface area contributed by atoms with Gasteiger partial charge in [-0.3, -0.25) is 4.31 Å². The van der Waals surface area contributed by atoms with E-state index in [1.165, 1.54) is 10.4 Å². The first-order valence-electron chi connectivity index (χ1n) is 10.5. The average molecular weight is 435 g/mol. The summed E-state index contributed by atoms with van der Waals surface area (Å²) in [6.07, 6.45) is 4.12. The van der Waals surface area contributed by atoms with E-state index in [1.54, 1.807) is 24.3 Å². The van der Waals surface area contributed by atoms with Crippen LogP contribution in [-0.4, -0.2) is 51.7 Å². The third kappa shape index (κ3) is 5.20. The summed E-state index contributed by atoms with van der Waals surface area (Å²) in [4.78, 5) is 2.32. The van der Waals surface area contributed by atoms with Crippen molar-refractivity contribution in [2.24, 2.45) is 0 Å². The van der Waals surface area contributed by atoms with Crippen molar-refractivity contribution in [2.75, 3.05) is 37.6 Å². The number of likely N-dealkylation sites (N-methyl/N-ethyl adjacent to an activating group) is 1. The lowest BCUT2D eigenvalue weighted by Crippen LogP contribution is -2.29. The predicted molar refractivity (Wildman–Crippen MR) is 118 cm³/mol. The summed E-state index contributed by atoms with van der Waals surface area (Å²) in [5.41, 5.74) is 3.01. The minimum absolute atomic E-state index is 0.160. The Morgan fingerprint density at radius 1 is 1.10 bits per heavy atom. The van der Waals surface area contributed by atoms with Crippen molar-refractivity contribution >= 4 is 15.7 Å². The fraction of sp³-hybridized carbons (Fsp3) is 0.478. The van der Waals surface area contributed by atoms with E-state index >= 15 is 0 Å². The van der Waals surface area contributed by atoms with Gasteiger partial charge >= 0.3 is 0 Å². The van der Waals surface area contributed by atoms with Crippen LogP contribution in [-0.2, 0) is 22.9 Å². The van der Waals surface area contributed by atoms with Gasteiger partial charge in [0.1, 0.15) is 5.82 Å². The van der Waals surface area contributed by atoms with E-state index in [4.69, 9.17) is 5.11 Å². The van der Waals surface area contributed by atoms with Crippen molar-refractivity contribution in [3.63, 3.8) is 0 Å². The quantitative estimate of drug-likeness (QED) is 0.581. The molecule has 3 rings (SSSR count). The van der Waals surface area contributed by atoms with Crippen molar-refractivity contribution in [2.45, 2.75) is 43.9 Å². The van der Waals surface area contributed by atoms with E-state index in [0.717, 1.165) is 36.9 Å². The second-order valence-corrected chi connectivity index (χ2v) is 9.91. The number of hydrogen-bond acceptors (Lipinski definition) is 4. The Kier molecular flexibility index (Phi) is 7.50. The van der Waals surface area contributed by atoms with Gasteiger partial charge in [0.05, 0.1) is 17.2 Å². The molecule has 0 fully saturated rings. The number of aryl methyl sites for hydroxylation is 2. The van der Waals surface area contributed by atoms with Gasteiger partial charge in [-0.05, 0) is 75.5 Å². The Balaban J connectivity index is 1.66. The molecule has 0 radical (unpaired) electrons. The molecule has 0 aromatic heterocycles. The lowest BCUT2D eigenvalue weighted by molar-refractivity contribution is 0.219. The molecule has 164 valence electrons. The molecule has 0 aliphatic carbocycles. The molecule has 1 aliphatic rings. The molecule has 1 N–H and O–H groups in total. The smallest absolute Gasteiger partial charge is 0.264 e. The van der Waals surface area contributed by atoms with Gasteiger partial charge < -0.3 is 10.0 Å². The molecule has 0 atom stereocenters. The van der Waals surface area contributed by atoms with Gasteiger partial charge in [0.15, 0.2) is 0 Å². The minimum atomic E-state index is -3.69. The first-order valence-corrected chi connectivity index (χ1v) is 12.0. The molecule has 0 bridgehead atoms. The van der Waals surface area contributed by atoms with Crippen LogP contribution in [0.4, 0.5) is 10.1 Å². The molecule has 0 saturated carbocycles. The van der Waals surface area contributed by atoms with Crippen LogP contribution in [0.25, 0.3) is 0 Å². The Morgan fingerprint density at radius 2 is 1.83 bits per heavy atom. The molecular formula is C23H31FN2O3S. The minimum Gasteiger partial charge on any atom is -0.395 e. The fourth-order valence-electron chi connectivity index (χ4n) is 3.87. The molecule has 0 spiro atoms.